The fourth-order valence-corrected chi connectivity index (χ4v) is 3.75. The minimum atomic E-state index is -0.218. The summed E-state index contributed by atoms with van der Waals surface area (Å²) in [6, 6.07) is 2.63. The molecular formula is C14H26N2. The van der Waals surface area contributed by atoms with Crippen molar-refractivity contribution in [3.63, 3.8) is 0 Å². The maximum Gasteiger partial charge on any atom is 0.109 e. The molecule has 0 bridgehead atoms. The van der Waals surface area contributed by atoms with Crippen molar-refractivity contribution >= 4 is 0 Å². The van der Waals surface area contributed by atoms with E-state index < -0.39 is 0 Å². The number of hydrogen-bond acceptors (Lipinski definition) is 2. The summed E-state index contributed by atoms with van der Waals surface area (Å²) in [5, 5.41) is 9.63. The summed E-state index contributed by atoms with van der Waals surface area (Å²) in [6.07, 6.45) is 3.30. The minimum Gasteiger partial charge on any atom is -0.286 e. The first-order valence-corrected chi connectivity index (χ1v) is 6.55. The average molecular weight is 222 g/mol. The molecule has 1 aliphatic carbocycles. The largest absolute Gasteiger partial charge is 0.286 e. The van der Waals surface area contributed by atoms with Gasteiger partial charge in [-0.05, 0) is 43.7 Å². The Kier molecular flexibility index (Phi) is 4.02. The summed E-state index contributed by atoms with van der Waals surface area (Å²) in [4.78, 5) is 2.35. The number of rotatable bonds is 3. The molecule has 0 N–H and O–H groups in total. The zero-order valence-corrected chi connectivity index (χ0v) is 11.5. The second kappa shape index (κ2) is 4.75. The molecule has 2 atom stereocenters. The van der Waals surface area contributed by atoms with Gasteiger partial charge in [0.05, 0.1) is 6.07 Å². The Balaban J connectivity index is 2.99. The van der Waals surface area contributed by atoms with Gasteiger partial charge in [0.25, 0.3) is 0 Å². The Morgan fingerprint density at radius 2 is 1.81 bits per heavy atom. The van der Waals surface area contributed by atoms with E-state index in [1.54, 1.807) is 0 Å². The van der Waals surface area contributed by atoms with Crippen LogP contribution in [0.3, 0.4) is 0 Å². The number of nitriles is 1. The summed E-state index contributed by atoms with van der Waals surface area (Å²) >= 11 is 0. The van der Waals surface area contributed by atoms with Crippen LogP contribution in [-0.4, -0.2) is 23.5 Å². The van der Waals surface area contributed by atoms with E-state index in [-0.39, 0.29) is 5.54 Å². The van der Waals surface area contributed by atoms with Crippen LogP contribution in [0.4, 0.5) is 0 Å². The Bertz CT molecular complexity index is 273. The summed E-state index contributed by atoms with van der Waals surface area (Å²) in [5.41, 5.74) is 0.0840. The van der Waals surface area contributed by atoms with E-state index in [9.17, 15) is 5.26 Å². The molecular weight excluding hydrogens is 196 g/mol. The van der Waals surface area contributed by atoms with Gasteiger partial charge in [-0.3, -0.25) is 4.90 Å². The van der Waals surface area contributed by atoms with Crippen molar-refractivity contribution in [3.05, 3.63) is 0 Å². The Hall–Kier alpha value is -0.550. The molecule has 0 heterocycles. The molecule has 16 heavy (non-hydrogen) atoms. The van der Waals surface area contributed by atoms with Crippen LogP contribution in [0.25, 0.3) is 0 Å². The van der Waals surface area contributed by atoms with E-state index in [1.807, 2.05) is 0 Å². The second-order valence-electron chi connectivity index (χ2n) is 6.17. The molecule has 0 spiro atoms. The molecule has 0 saturated heterocycles. The predicted octanol–water partition coefficient (Wildman–Crippen LogP) is 3.44. The minimum absolute atomic E-state index is 0.218. The summed E-state index contributed by atoms with van der Waals surface area (Å²) in [7, 11) is 0. The molecule has 1 aliphatic rings. The second-order valence-corrected chi connectivity index (χ2v) is 6.17. The van der Waals surface area contributed by atoms with E-state index in [0.29, 0.717) is 11.3 Å². The van der Waals surface area contributed by atoms with Gasteiger partial charge in [-0.25, -0.2) is 0 Å². The Morgan fingerprint density at radius 3 is 2.19 bits per heavy atom. The normalized spacial score (nSPS) is 33.7. The number of hydrogen-bond donors (Lipinski definition) is 0. The van der Waals surface area contributed by atoms with Gasteiger partial charge in [0, 0.05) is 0 Å². The van der Waals surface area contributed by atoms with Crippen molar-refractivity contribution in [1.82, 2.24) is 4.90 Å². The van der Waals surface area contributed by atoms with Crippen molar-refractivity contribution < 1.29 is 0 Å². The molecule has 0 radical (unpaired) electrons. The highest BCUT2D eigenvalue weighted by Crippen LogP contribution is 2.46. The quantitative estimate of drug-likeness (QED) is 0.731. The van der Waals surface area contributed by atoms with Crippen LogP contribution >= 0.6 is 0 Å². The van der Waals surface area contributed by atoms with E-state index in [0.717, 1.165) is 25.9 Å². The molecule has 2 heteroatoms. The van der Waals surface area contributed by atoms with Gasteiger partial charge in [0.15, 0.2) is 0 Å². The van der Waals surface area contributed by atoms with Gasteiger partial charge in [0.1, 0.15) is 5.54 Å². The maximum atomic E-state index is 9.63. The average Bonchev–Trinajstić information content (AvgIpc) is 2.16. The van der Waals surface area contributed by atoms with Gasteiger partial charge in [-0.15, -0.1) is 0 Å². The molecule has 1 fully saturated rings. The summed E-state index contributed by atoms with van der Waals surface area (Å²) in [6.45, 7) is 13.2. The van der Waals surface area contributed by atoms with Crippen LogP contribution in [0, 0.1) is 22.7 Å². The molecule has 0 aromatic carbocycles. The van der Waals surface area contributed by atoms with Gasteiger partial charge in [-0.2, -0.15) is 5.26 Å². The van der Waals surface area contributed by atoms with Crippen molar-refractivity contribution in [2.75, 3.05) is 13.1 Å². The van der Waals surface area contributed by atoms with E-state index in [2.05, 4.69) is 45.6 Å². The van der Waals surface area contributed by atoms with Crippen LogP contribution < -0.4 is 0 Å². The highest BCUT2D eigenvalue weighted by atomic mass is 15.2. The lowest BCUT2D eigenvalue weighted by atomic mass is 9.64. The SMILES string of the molecule is CCN(CC)C1(C#N)CC(C)CC(C)(C)C1. The molecule has 1 saturated carbocycles. The molecule has 0 amide bonds. The van der Waals surface area contributed by atoms with Crippen LogP contribution in [0.15, 0.2) is 0 Å². The fraction of sp³-hybridized carbons (Fsp3) is 0.929. The maximum absolute atomic E-state index is 9.63. The van der Waals surface area contributed by atoms with E-state index >= 15 is 0 Å². The summed E-state index contributed by atoms with van der Waals surface area (Å²) in [5.74, 6) is 0.656. The Morgan fingerprint density at radius 1 is 1.25 bits per heavy atom. The molecule has 2 unspecified atom stereocenters. The van der Waals surface area contributed by atoms with Crippen LogP contribution in [0.5, 0.6) is 0 Å². The van der Waals surface area contributed by atoms with E-state index in [1.165, 1.54) is 6.42 Å². The topological polar surface area (TPSA) is 27.0 Å². The third-order valence-electron chi connectivity index (χ3n) is 3.94. The monoisotopic (exact) mass is 222 g/mol. The van der Waals surface area contributed by atoms with Crippen molar-refractivity contribution in [1.29, 1.82) is 5.26 Å². The molecule has 1 rings (SSSR count). The molecule has 92 valence electrons. The third-order valence-corrected chi connectivity index (χ3v) is 3.94. The van der Waals surface area contributed by atoms with Crippen molar-refractivity contribution in [2.45, 2.75) is 59.4 Å². The molecule has 2 nitrogen and oxygen atoms in total. The zero-order valence-electron chi connectivity index (χ0n) is 11.5. The van der Waals surface area contributed by atoms with Gasteiger partial charge < -0.3 is 0 Å². The van der Waals surface area contributed by atoms with Gasteiger partial charge in [0.2, 0.25) is 0 Å². The molecule has 0 aromatic rings. The molecule has 0 aliphatic heterocycles. The highest BCUT2D eigenvalue weighted by molar-refractivity contribution is 5.13. The fourth-order valence-electron chi connectivity index (χ4n) is 3.75. The lowest BCUT2D eigenvalue weighted by Crippen LogP contribution is -2.53. The predicted molar refractivity (Wildman–Crippen MR) is 68.1 cm³/mol. The highest BCUT2D eigenvalue weighted by Gasteiger charge is 2.45. The van der Waals surface area contributed by atoms with Gasteiger partial charge in [-0.1, -0.05) is 34.6 Å². The van der Waals surface area contributed by atoms with Gasteiger partial charge >= 0.3 is 0 Å². The third kappa shape index (κ3) is 2.58. The lowest BCUT2D eigenvalue weighted by Gasteiger charge is -2.49. The molecule has 0 aromatic heterocycles. The van der Waals surface area contributed by atoms with Crippen LogP contribution in [0.2, 0.25) is 0 Å². The van der Waals surface area contributed by atoms with Crippen molar-refractivity contribution in [3.8, 4) is 6.07 Å². The Labute approximate surface area is 101 Å². The first-order valence-electron chi connectivity index (χ1n) is 6.55. The number of nitrogens with zero attached hydrogens (tertiary/aromatic N) is 2. The standard InChI is InChI=1S/C14H26N2/c1-6-16(7-2)14(11-15)9-12(3)8-13(4,5)10-14/h12H,6-10H2,1-5H3. The zero-order chi connectivity index (χ0) is 12.4. The first-order chi connectivity index (χ1) is 7.39. The lowest BCUT2D eigenvalue weighted by molar-refractivity contribution is 0.0264. The van der Waals surface area contributed by atoms with Crippen molar-refractivity contribution in [2.24, 2.45) is 11.3 Å². The smallest absolute Gasteiger partial charge is 0.109 e. The first kappa shape index (κ1) is 13.5. The summed E-state index contributed by atoms with van der Waals surface area (Å²) < 4.78 is 0. The van der Waals surface area contributed by atoms with Crippen LogP contribution in [-0.2, 0) is 0 Å². The van der Waals surface area contributed by atoms with E-state index in [4.69, 9.17) is 0 Å². The van der Waals surface area contributed by atoms with Crippen LogP contribution in [0.1, 0.15) is 53.9 Å².